The molecule has 0 spiro atoms. The van der Waals surface area contributed by atoms with Gasteiger partial charge in [-0.05, 0) is 24.6 Å². The molecule has 1 saturated heterocycles. The van der Waals surface area contributed by atoms with Crippen molar-refractivity contribution in [2.45, 2.75) is 13.0 Å². The number of hydrogen-bond donors (Lipinski definition) is 3. The first-order valence-electron chi connectivity index (χ1n) is 6.71. The second-order valence-electron chi connectivity index (χ2n) is 4.91. The molecule has 4 nitrogen and oxygen atoms in total. The Hall–Kier alpha value is -0.910. The van der Waals surface area contributed by atoms with E-state index in [-0.39, 0.29) is 17.5 Å². The zero-order valence-electron chi connectivity index (χ0n) is 11.3. The predicted molar refractivity (Wildman–Crippen MR) is 80.0 cm³/mol. The van der Waals surface area contributed by atoms with Crippen LogP contribution in [0.1, 0.15) is 18.5 Å². The number of thioether (sulfide) groups is 1. The van der Waals surface area contributed by atoms with E-state index in [9.17, 15) is 10.2 Å². The lowest BCUT2D eigenvalue weighted by Crippen LogP contribution is -2.38. The summed E-state index contributed by atoms with van der Waals surface area (Å²) in [7, 11) is 0. The minimum absolute atomic E-state index is 0.108. The van der Waals surface area contributed by atoms with Gasteiger partial charge in [0.15, 0.2) is 0 Å². The maximum atomic E-state index is 9.47. The van der Waals surface area contributed by atoms with Gasteiger partial charge < -0.3 is 20.4 Å². The summed E-state index contributed by atoms with van der Waals surface area (Å²) < 4.78 is 0. The average molecular weight is 282 g/mol. The summed E-state index contributed by atoms with van der Waals surface area (Å²) in [6.45, 7) is 6.36. The first-order valence-corrected chi connectivity index (χ1v) is 7.87. The van der Waals surface area contributed by atoms with E-state index >= 15 is 0 Å². The van der Waals surface area contributed by atoms with Crippen LogP contribution in [0.25, 0.3) is 0 Å². The molecule has 0 bridgehead atoms. The van der Waals surface area contributed by atoms with Crippen molar-refractivity contribution in [3.05, 3.63) is 23.8 Å². The number of rotatable bonds is 5. The van der Waals surface area contributed by atoms with Crippen molar-refractivity contribution >= 4 is 11.8 Å². The van der Waals surface area contributed by atoms with Crippen LogP contribution in [0.4, 0.5) is 0 Å². The predicted octanol–water partition coefficient (Wildman–Crippen LogP) is 1.80. The molecule has 1 aromatic rings. The average Bonchev–Trinajstić information content (AvgIpc) is 2.38. The van der Waals surface area contributed by atoms with Crippen LogP contribution in [0.5, 0.6) is 11.5 Å². The Bertz CT molecular complexity index is 388. The van der Waals surface area contributed by atoms with Crippen LogP contribution in [0.2, 0.25) is 0 Å². The van der Waals surface area contributed by atoms with Gasteiger partial charge in [-0.15, -0.1) is 0 Å². The molecule has 1 aromatic carbocycles. The maximum absolute atomic E-state index is 9.47. The van der Waals surface area contributed by atoms with E-state index in [4.69, 9.17) is 0 Å². The van der Waals surface area contributed by atoms with Crippen molar-refractivity contribution < 1.29 is 10.2 Å². The number of benzene rings is 1. The molecule has 5 heteroatoms. The third-order valence-corrected chi connectivity index (χ3v) is 4.35. The topological polar surface area (TPSA) is 55.7 Å². The molecule has 1 aliphatic rings. The molecular weight excluding hydrogens is 260 g/mol. The quantitative estimate of drug-likeness (QED) is 0.769. The fraction of sp³-hybridized carbons (Fsp3) is 0.571. The summed E-state index contributed by atoms with van der Waals surface area (Å²) in [6.07, 6.45) is 0. The third-order valence-electron chi connectivity index (χ3n) is 3.41. The fourth-order valence-corrected chi connectivity index (χ4v) is 3.23. The highest BCUT2D eigenvalue weighted by Gasteiger charge is 2.11. The van der Waals surface area contributed by atoms with Gasteiger partial charge in [0.05, 0.1) is 0 Å². The van der Waals surface area contributed by atoms with Crippen LogP contribution in [-0.2, 0) is 0 Å². The zero-order chi connectivity index (χ0) is 13.7. The Morgan fingerprint density at radius 1 is 1.21 bits per heavy atom. The molecule has 1 unspecified atom stereocenters. The molecule has 0 amide bonds. The van der Waals surface area contributed by atoms with Crippen LogP contribution in [0.15, 0.2) is 18.2 Å². The molecule has 1 fully saturated rings. The number of phenols is 2. The molecule has 1 aliphatic heterocycles. The monoisotopic (exact) mass is 282 g/mol. The van der Waals surface area contributed by atoms with Crippen molar-refractivity contribution in [2.24, 2.45) is 0 Å². The van der Waals surface area contributed by atoms with Crippen molar-refractivity contribution in [1.29, 1.82) is 0 Å². The van der Waals surface area contributed by atoms with E-state index in [1.165, 1.54) is 30.7 Å². The zero-order valence-corrected chi connectivity index (χ0v) is 12.1. The molecule has 0 aliphatic carbocycles. The summed E-state index contributed by atoms with van der Waals surface area (Å²) >= 11 is 2.02. The van der Waals surface area contributed by atoms with Gasteiger partial charge in [0, 0.05) is 49.8 Å². The van der Waals surface area contributed by atoms with E-state index < -0.39 is 0 Å². The first-order chi connectivity index (χ1) is 9.15. The molecule has 1 atom stereocenters. The minimum Gasteiger partial charge on any atom is -0.508 e. The number of phenolic OH excluding ortho intramolecular Hbond substituents is 2. The highest BCUT2D eigenvalue weighted by molar-refractivity contribution is 7.99. The summed E-state index contributed by atoms with van der Waals surface area (Å²) in [5.74, 6) is 2.68. The molecule has 19 heavy (non-hydrogen) atoms. The summed E-state index contributed by atoms with van der Waals surface area (Å²) in [6, 6.07) is 4.85. The summed E-state index contributed by atoms with van der Waals surface area (Å²) in [5.41, 5.74) is 0.909. The van der Waals surface area contributed by atoms with Gasteiger partial charge in [-0.1, -0.05) is 0 Å². The lowest BCUT2D eigenvalue weighted by molar-refractivity contribution is 0.296. The number of nitrogens with zero attached hydrogens (tertiary/aromatic N) is 1. The molecule has 0 aromatic heterocycles. The van der Waals surface area contributed by atoms with Crippen LogP contribution in [0, 0.1) is 0 Å². The molecule has 0 radical (unpaired) electrons. The van der Waals surface area contributed by atoms with E-state index in [1.807, 2.05) is 18.7 Å². The molecular formula is C14H22N2O2S. The Kier molecular flexibility index (Phi) is 5.36. The SMILES string of the molecule is CC(NCCN1CCSCC1)c1cc(O)cc(O)c1. The maximum Gasteiger partial charge on any atom is 0.119 e. The Morgan fingerprint density at radius 2 is 1.84 bits per heavy atom. The second-order valence-corrected chi connectivity index (χ2v) is 6.14. The lowest BCUT2D eigenvalue weighted by Gasteiger charge is -2.27. The van der Waals surface area contributed by atoms with Gasteiger partial charge in [0.2, 0.25) is 0 Å². The largest absolute Gasteiger partial charge is 0.508 e. The smallest absolute Gasteiger partial charge is 0.119 e. The Morgan fingerprint density at radius 3 is 2.47 bits per heavy atom. The summed E-state index contributed by atoms with van der Waals surface area (Å²) in [4.78, 5) is 2.47. The van der Waals surface area contributed by atoms with E-state index in [1.54, 1.807) is 12.1 Å². The van der Waals surface area contributed by atoms with Crippen molar-refractivity contribution in [2.75, 3.05) is 37.7 Å². The fourth-order valence-electron chi connectivity index (χ4n) is 2.25. The normalized spacial score (nSPS) is 18.4. The van der Waals surface area contributed by atoms with Gasteiger partial charge in [0.1, 0.15) is 11.5 Å². The summed E-state index contributed by atoms with van der Waals surface area (Å²) in [5, 5.41) is 22.4. The Labute approximate surface area is 118 Å². The highest BCUT2D eigenvalue weighted by atomic mass is 32.2. The number of hydrogen-bond acceptors (Lipinski definition) is 5. The van der Waals surface area contributed by atoms with E-state index in [2.05, 4.69) is 10.2 Å². The van der Waals surface area contributed by atoms with Gasteiger partial charge in [-0.2, -0.15) is 11.8 Å². The second kappa shape index (κ2) is 7.03. The van der Waals surface area contributed by atoms with E-state index in [0.717, 1.165) is 18.7 Å². The minimum atomic E-state index is 0.108. The van der Waals surface area contributed by atoms with Gasteiger partial charge in [0.25, 0.3) is 0 Å². The van der Waals surface area contributed by atoms with Gasteiger partial charge >= 0.3 is 0 Å². The molecule has 106 valence electrons. The number of aromatic hydroxyl groups is 2. The highest BCUT2D eigenvalue weighted by Crippen LogP contribution is 2.24. The van der Waals surface area contributed by atoms with Crippen molar-refractivity contribution in [3.8, 4) is 11.5 Å². The van der Waals surface area contributed by atoms with Gasteiger partial charge in [-0.3, -0.25) is 0 Å². The lowest BCUT2D eigenvalue weighted by atomic mass is 10.1. The number of nitrogens with one attached hydrogen (secondary N) is 1. The standard InChI is InChI=1S/C14H22N2O2S/c1-11(12-8-13(17)10-14(18)9-12)15-2-3-16-4-6-19-7-5-16/h8-11,15,17-18H,2-7H2,1H3. The van der Waals surface area contributed by atoms with Crippen molar-refractivity contribution in [1.82, 2.24) is 10.2 Å². The van der Waals surface area contributed by atoms with Crippen molar-refractivity contribution in [3.63, 3.8) is 0 Å². The molecule has 0 saturated carbocycles. The Balaban J connectivity index is 1.78. The van der Waals surface area contributed by atoms with Crippen LogP contribution in [-0.4, -0.2) is 52.8 Å². The van der Waals surface area contributed by atoms with E-state index in [0.29, 0.717) is 0 Å². The molecule has 3 N–H and O–H groups in total. The van der Waals surface area contributed by atoms with Crippen LogP contribution >= 0.6 is 11.8 Å². The first kappa shape index (κ1) is 14.5. The van der Waals surface area contributed by atoms with Gasteiger partial charge in [-0.25, -0.2) is 0 Å². The third kappa shape index (κ3) is 4.60. The molecule has 1 heterocycles. The van der Waals surface area contributed by atoms with Crippen LogP contribution < -0.4 is 5.32 Å². The molecule has 2 rings (SSSR count). The van der Waals surface area contributed by atoms with Crippen LogP contribution in [0.3, 0.4) is 0 Å².